The molecule has 0 heterocycles. The van der Waals surface area contributed by atoms with Gasteiger partial charge in [-0.2, -0.15) is 0 Å². The molecule has 0 radical (unpaired) electrons. The zero-order chi connectivity index (χ0) is 19.4. The van der Waals surface area contributed by atoms with Crippen molar-refractivity contribution in [3.05, 3.63) is 78.4 Å². The summed E-state index contributed by atoms with van der Waals surface area (Å²) in [5, 5.41) is 18.2. The van der Waals surface area contributed by atoms with E-state index in [9.17, 15) is 8.42 Å². The SMILES string of the molecule is Cc1ccc(S(=O)(=O)Nc2ccc(Oc3ccc(B(O)O)cc3)cc2)cc1. The number of nitrogens with one attached hydrogen (secondary N) is 1. The van der Waals surface area contributed by atoms with Crippen LogP contribution in [0.4, 0.5) is 5.69 Å². The molecule has 3 rings (SSSR count). The van der Waals surface area contributed by atoms with Gasteiger partial charge in [-0.3, -0.25) is 4.72 Å². The average molecular weight is 383 g/mol. The van der Waals surface area contributed by atoms with Crippen molar-refractivity contribution >= 4 is 28.3 Å². The molecule has 3 aromatic carbocycles. The number of rotatable bonds is 6. The lowest BCUT2D eigenvalue weighted by Crippen LogP contribution is -2.29. The summed E-state index contributed by atoms with van der Waals surface area (Å²) in [4.78, 5) is 0.194. The summed E-state index contributed by atoms with van der Waals surface area (Å²) in [6, 6.07) is 19.4. The first-order chi connectivity index (χ1) is 12.8. The third-order valence-electron chi connectivity index (χ3n) is 3.85. The van der Waals surface area contributed by atoms with Crippen LogP contribution in [0, 0.1) is 6.92 Å². The van der Waals surface area contributed by atoms with Crippen LogP contribution in [0.1, 0.15) is 5.56 Å². The molecule has 0 aliphatic rings. The predicted octanol–water partition coefficient (Wildman–Crippen LogP) is 2.27. The number of anilines is 1. The fourth-order valence-electron chi connectivity index (χ4n) is 2.37. The fraction of sp³-hybridized carbons (Fsp3) is 0.0526. The normalized spacial score (nSPS) is 11.1. The van der Waals surface area contributed by atoms with E-state index in [0.29, 0.717) is 22.6 Å². The van der Waals surface area contributed by atoms with E-state index < -0.39 is 17.1 Å². The van der Waals surface area contributed by atoms with Gasteiger partial charge in [-0.25, -0.2) is 8.42 Å². The molecule has 0 aromatic heterocycles. The quantitative estimate of drug-likeness (QED) is 0.568. The third kappa shape index (κ3) is 4.88. The second kappa shape index (κ2) is 7.83. The van der Waals surface area contributed by atoms with Gasteiger partial charge in [0.25, 0.3) is 10.0 Å². The Hall–Kier alpha value is -2.81. The first kappa shape index (κ1) is 19.0. The molecule has 0 atom stereocenters. The molecule has 0 amide bonds. The van der Waals surface area contributed by atoms with E-state index in [1.807, 2.05) is 6.92 Å². The molecule has 138 valence electrons. The van der Waals surface area contributed by atoms with Gasteiger partial charge in [-0.1, -0.05) is 29.8 Å². The zero-order valence-electron chi connectivity index (χ0n) is 14.5. The average Bonchev–Trinajstić information content (AvgIpc) is 2.64. The van der Waals surface area contributed by atoms with Crippen LogP contribution in [0.2, 0.25) is 0 Å². The van der Waals surface area contributed by atoms with Gasteiger partial charge in [0.05, 0.1) is 4.90 Å². The van der Waals surface area contributed by atoms with Crippen molar-refractivity contribution in [2.45, 2.75) is 11.8 Å². The lowest BCUT2D eigenvalue weighted by molar-refractivity contribution is 0.425. The van der Waals surface area contributed by atoms with Crippen molar-refractivity contribution in [1.29, 1.82) is 0 Å². The molecule has 0 aliphatic heterocycles. The highest BCUT2D eigenvalue weighted by Gasteiger charge is 2.14. The molecule has 0 unspecified atom stereocenters. The van der Waals surface area contributed by atoms with Crippen LogP contribution in [0.25, 0.3) is 0 Å². The largest absolute Gasteiger partial charge is 0.488 e. The molecule has 6 nitrogen and oxygen atoms in total. The van der Waals surface area contributed by atoms with Crippen LogP contribution in [0.5, 0.6) is 11.5 Å². The van der Waals surface area contributed by atoms with Gasteiger partial charge < -0.3 is 14.8 Å². The molecule has 3 aromatic rings. The molecule has 0 saturated heterocycles. The lowest BCUT2D eigenvalue weighted by atomic mass is 9.80. The zero-order valence-corrected chi connectivity index (χ0v) is 15.3. The summed E-state index contributed by atoms with van der Waals surface area (Å²) in [6.45, 7) is 1.89. The van der Waals surface area contributed by atoms with E-state index in [-0.39, 0.29) is 4.90 Å². The van der Waals surface area contributed by atoms with Crippen molar-refractivity contribution in [2.75, 3.05) is 4.72 Å². The summed E-state index contributed by atoms with van der Waals surface area (Å²) in [5.74, 6) is 1.04. The minimum atomic E-state index is -3.65. The summed E-state index contributed by atoms with van der Waals surface area (Å²) in [7, 11) is -5.18. The molecule has 0 fully saturated rings. The minimum Gasteiger partial charge on any atom is -0.457 e. The van der Waals surface area contributed by atoms with Crippen molar-refractivity contribution in [3.8, 4) is 11.5 Å². The molecular formula is C19H18BNO5S. The highest BCUT2D eigenvalue weighted by molar-refractivity contribution is 7.92. The Morgan fingerprint density at radius 3 is 1.85 bits per heavy atom. The van der Waals surface area contributed by atoms with Crippen molar-refractivity contribution in [2.24, 2.45) is 0 Å². The Kier molecular flexibility index (Phi) is 5.50. The number of sulfonamides is 1. The smallest absolute Gasteiger partial charge is 0.457 e. The summed E-state index contributed by atoms with van der Waals surface area (Å²) >= 11 is 0. The summed E-state index contributed by atoms with van der Waals surface area (Å²) in [6.07, 6.45) is 0. The number of ether oxygens (including phenoxy) is 1. The number of hydrogen-bond donors (Lipinski definition) is 3. The Balaban J connectivity index is 1.68. The van der Waals surface area contributed by atoms with Crippen LogP contribution < -0.4 is 14.9 Å². The Labute approximate surface area is 158 Å². The van der Waals surface area contributed by atoms with E-state index >= 15 is 0 Å². The van der Waals surface area contributed by atoms with E-state index in [1.54, 1.807) is 72.8 Å². The Bertz CT molecular complexity index is 1000. The molecule has 0 bridgehead atoms. The highest BCUT2D eigenvalue weighted by Crippen LogP contribution is 2.24. The fourth-order valence-corrected chi connectivity index (χ4v) is 3.43. The highest BCUT2D eigenvalue weighted by atomic mass is 32.2. The molecule has 0 spiro atoms. The van der Waals surface area contributed by atoms with E-state index in [0.717, 1.165) is 5.56 Å². The molecule has 0 aliphatic carbocycles. The van der Waals surface area contributed by atoms with Gasteiger partial charge in [0.1, 0.15) is 11.5 Å². The lowest BCUT2D eigenvalue weighted by Gasteiger charge is -2.10. The molecule has 0 saturated carbocycles. The first-order valence-corrected chi connectivity index (χ1v) is 9.65. The molecule has 27 heavy (non-hydrogen) atoms. The van der Waals surface area contributed by atoms with Gasteiger partial charge in [0.15, 0.2) is 0 Å². The monoisotopic (exact) mass is 383 g/mol. The Morgan fingerprint density at radius 1 is 0.815 bits per heavy atom. The second-order valence-corrected chi connectivity index (χ2v) is 7.67. The maximum Gasteiger partial charge on any atom is 0.488 e. The number of benzene rings is 3. The summed E-state index contributed by atoms with van der Waals surface area (Å²) in [5.41, 5.74) is 1.77. The minimum absolute atomic E-state index is 0.194. The molecule has 8 heteroatoms. The number of aryl methyl sites for hydroxylation is 1. The van der Waals surface area contributed by atoms with Crippen molar-refractivity contribution in [3.63, 3.8) is 0 Å². The topological polar surface area (TPSA) is 95.9 Å². The maximum atomic E-state index is 12.4. The maximum absolute atomic E-state index is 12.4. The Morgan fingerprint density at radius 2 is 1.33 bits per heavy atom. The van der Waals surface area contributed by atoms with Gasteiger partial charge in [0.2, 0.25) is 0 Å². The standard InChI is InChI=1S/C19H18BNO5S/c1-14-2-12-19(13-3-14)27(24,25)21-16-6-10-18(11-7-16)26-17-8-4-15(5-9-17)20(22)23/h2-13,21-23H,1H3. The van der Waals surface area contributed by atoms with Gasteiger partial charge in [-0.15, -0.1) is 0 Å². The van der Waals surface area contributed by atoms with Crippen LogP contribution in [-0.4, -0.2) is 25.6 Å². The van der Waals surface area contributed by atoms with Gasteiger partial charge in [-0.05, 0) is 60.9 Å². The number of hydrogen-bond acceptors (Lipinski definition) is 5. The second-order valence-electron chi connectivity index (χ2n) is 5.99. The first-order valence-electron chi connectivity index (χ1n) is 8.17. The van der Waals surface area contributed by atoms with Crippen LogP contribution in [0.3, 0.4) is 0 Å². The van der Waals surface area contributed by atoms with Crippen LogP contribution >= 0.6 is 0 Å². The van der Waals surface area contributed by atoms with E-state index in [2.05, 4.69) is 4.72 Å². The van der Waals surface area contributed by atoms with E-state index in [1.165, 1.54) is 0 Å². The molecule has 3 N–H and O–H groups in total. The van der Waals surface area contributed by atoms with Crippen molar-refractivity contribution < 1.29 is 23.2 Å². The predicted molar refractivity (Wildman–Crippen MR) is 105 cm³/mol. The van der Waals surface area contributed by atoms with Crippen LogP contribution in [-0.2, 0) is 10.0 Å². The van der Waals surface area contributed by atoms with Gasteiger partial charge in [0, 0.05) is 5.69 Å². The summed E-state index contributed by atoms with van der Waals surface area (Å²) < 4.78 is 33.0. The molecular weight excluding hydrogens is 365 g/mol. The van der Waals surface area contributed by atoms with E-state index in [4.69, 9.17) is 14.8 Å². The third-order valence-corrected chi connectivity index (χ3v) is 5.25. The van der Waals surface area contributed by atoms with Crippen molar-refractivity contribution in [1.82, 2.24) is 0 Å². The van der Waals surface area contributed by atoms with Crippen LogP contribution in [0.15, 0.2) is 77.7 Å². The van der Waals surface area contributed by atoms with Gasteiger partial charge >= 0.3 is 7.12 Å².